The second-order valence-electron chi connectivity index (χ2n) is 6.80. The van der Waals surface area contributed by atoms with E-state index in [0.29, 0.717) is 16.8 Å². The highest BCUT2D eigenvalue weighted by molar-refractivity contribution is 7.87. The van der Waals surface area contributed by atoms with E-state index in [0.717, 1.165) is 6.07 Å². The minimum atomic E-state index is -4.31. The lowest BCUT2D eigenvalue weighted by Gasteiger charge is -2.08. The summed E-state index contributed by atoms with van der Waals surface area (Å²) >= 11 is 0. The summed E-state index contributed by atoms with van der Waals surface area (Å²) in [5.74, 6) is -0.629. The maximum absolute atomic E-state index is 12.5. The highest BCUT2D eigenvalue weighted by Gasteiger charge is 2.21. The molecule has 33 heavy (non-hydrogen) atoms. The minimum absolute atomic E-state index is 0.0392. The third-order valence-electron chi connectivity index (χ3n) is 4.46. The van der Waals surface area contributed by atoms with Crippen molar-refractivity contribution in [1.82, 2.24) is 0 Å². The first-order valence-corrected chi connectivity index (χ1v) is 10.9. The highest BCUT2D eigenvalue weighted by Crippen LogP contribution is 2.25. The molecule has 0 aliphatic heterocycles. The lowest BCUT2D eigenvalue weighted by molar-refractivity contribution is -0.385. The van der Waals surface area contributed by atoms with E-state index < -0.39 is 20.9 Å². The van der Waals surface area contributed by atoms with Crippen LogP contribution >= 0.6 is 0 Å². The number of carbonyl (C=O) groups is 1. The van der Waals surface area contributed by atoms with Crippen LogP contribution in [0.1, 0.15) is 11.1 Å². The molecule has 0 saturated carbocycles. The Morgan fingerprint density at radius 2 is 1.76 bits per heavy atom. The molecule has 3 aromatic rings. The summed E-state index contributed by atoms with van der Waals surface area (Å²) in [6, 6.07) is 19.6. The summed E-state index contributed by atoms with van der Waals surface area (Å²) in [4.78, 5) is 22.4. The predicted octanol–water partition coefficient (Wildman–Crippen LogP) is 4.22. The molecule has 0 unspecified atom stereocenters. The van der Waals surface area contributed by atoms with Gasteiger partial charge in [0.15, 0.2) is 0 Å². The Hall–Kier alpha value is -4.49. The number of nitrogens with zero attached hydrogens (tertiary/aromatic N) is 2. The number of nitro groups is 1. The fraction of sp³-hybridized carbons (Fsp3) is 0.0435. The third kappa shape index (κ3) is 5.81. The second kappa shape index (κ2) is 9.76. The van der Waals surface area contributed by atoms with Crippen LogP contribution in [0.4, 0.5) is 11.4 Å². The number of hydrogen-bond donors (Lipinski definition) is 1. The van der Waals surface area contributed by atoms with E-state index in [2.05, 4.69) is 5.32 Å². The number of para-hydroxylation sites is 1. The fourth-order valence-corrected chi connectivity index (χ4v) is 3.72. The summed E-state index contributed by atoms with van der Waals surface area (Å²) in [6.07, 6.45) is 1.35. The molecule has 0 heterocycles. The van der Waals surface area contributed by atoms with Crippen molar-refractivity contribution in [2.45, 2.75) is 11.8 Å². The van der Waals surface area contributed by atoms with Gasteiger partial charge < -0.3 is 9.50 Å². The summed E-state index contributed by atoms with van der Waals surface area (Å²) in [7, 11) is -4.31. The second-order valence-corrected chi connectivity index (χ2v) is 8.35. The fourth-order valence-electron chi connectivity index (χ4n) is 2.77. The van der Waals surface area contributed by atoms with Crippen LogP contribution in [-0.2, 0) is 14.9 Å². The Balaban J connectivity index is 1.77. The van der Waals surface area contributed by atoms with E-state index in [9.17, 15) is 28.6 Å². The third-order valence-corrected chi connectivity index (χ3v) is 5.70. The molecule has 0 atom stereocenters. The van der Waals surface area contributed by atoms with Crippen molar-refractivity contribution < 1.29 is 22.3 Å². The number of amides is 1. The number of benzene rings is 3. The Labute approximate surface area is 189 Å². The van der Waals surface area contributed by atoms with Gasteiger partial charge in [-0.3, -0.25) is 14.9 Å². The molecule has 0 fully saturated rings. The molecular weight excluding hydrogens is 446 g/mol. The van der Waals surface area contributed by atoms with Crippen molar-refractivity contribution in [3.8, 4) is 11.8 Å². The van der Waals surface area contributed by atoms with Crippen LogP contribution < -0.4 is 9.50 Å². The molecule has 0 aliphatic rings. The highest BCUT2D eigenvalue weighted by atomic mass is 32.2. The summed E-state index contributed by atoms with van der Waals surface area (Å²) in [6.45, 7) is 1.50. The van der Waals surface area contributed by atoms with Crippen molar-refractivity contribution in [3.63, 3.8) is 0 Å². The molecule has 0 aromatic heterocycles. The normalized spacial score (nSPS) is 11.3. The van der Waals surface area contributed by atoms with E-state index in [-0.39, 0.29) is 21.9 Å². The van der Waals surface area contributed by atoms with E-state index >= 15 is 0 Å². The number of nitrogens with one attached hydrogen (secondary N) is 1. The van der Waals surface area contributed by atoms with Gasteiger partial charge in [-0.1, -0.05) is 36.4 Å². The minimum Gasteiger partial charge on any atom is -0.379 e. The van der Waals surface area contributed by atoms with Crippen molar-refractivity contribution in [2.75, 3.05) is 5.32 Å². The maximum Gasteiger partial charge on any atom is 0.339 e. The molecule has 0 radical (unpaired) electrons. The Morgan fingerprint density at radius 3 is 2.36 bits per heavy atom. The van der Waals surface area contributed by atoms with Gasteiger partial charge in [-0.25, -0.2) is 0 Å². The van der Waals surface area contributed by atoms with Gasteiger partial charge in [0.05, 0.1) is 4.92 Å². The molecule has 0 aliphatic carbocycles. The van der Waals surface area contributed by atoms with Gasteiger partial charge in [0.2, 0.25) is 0 Å². The van der Waals surface area contributed by atoms with E-state index in [1.807, 2.05) is 6.07 Å². The van der Waals surface area contributed by atoms with Crippen molar-refractivity contribution in [3.05, 3.63) is 99.6 Å². The van der Waals surface area contributed by atoms with Crippen LogP contribution in [0.25, 0.3) is 6.08 Å². The van der Waals surface area contributed by atoms with Crippen LogP contribution in [-0.4, -0.2) is 19.2 Å². The number of nitro benzene ring substituents is 1. The average Bonchev–Trinajstić information content (AvgIpc) is 2.79. The van der Waals surface area contributed by atoms with Gasteiger partial charge in [-0.2, -0.15) is 13.7 Å². The number of rotatable bonds is 7. The first-order chi connectivity index (χ1) is 15.7. The molecule has 10 heteroatoms. The Bertz CT molecular complexity index is 1380. The summed E-state index contributed by atoms with van der Waals surface area (Å²) in [5, 5.41) is 23.0. The van der Waals surface area contributed by atoms with Crippen LogP contribution in [0.3, 0.4) is 0 Å². The molecule has 0 saturated heterocycles. The van der Waals surface area contributed by atoms with Gasteiger partial charge in [0, 0.05) is 17.3 Å². The van der Waals surface area contributed by atoms with Gasteiger partial charge in [-0.15, -0.1) is 0 Å². The molecule has 0 bridgehead atoms. The smallest absolute Gasteiger partial charge is 0.339 e. The predicted molar refractivity (Wildman–Crippen MR) is 121 cm³/mol. The molecule has 166 valence electrons. The number of aryl methyl sites for hydroxylation is 1. The molecule has 0 spiro atoms. The van der Waals surface area contributed by atoms with Crippen molar-refractivity contribution >= 4 is 33.5 Å². The zero-order chi connectivity index (χ0) is 24.0. The van der Waals surface area contributed by atoms with Crippen LogP contribution in [0.2, 0.25) is 0 Å². The molecule has 9 nitrogen and oxygen atoms in total. The molecule has 1 amide bonds. The van der Waals surface area contributed by atoms with Crippen molar-refractivity contribution in [2.24, 2.45) is 0 Å². The van der Waals surface area contributed by atoms with Gasteiger partial charge in [-0.05, 0) is 48.9 Å². The van der Waals surface area contributed by atoms with Crippen LogP contribution in [0.15, 0.2) is 83.3 Å². The number of anilines is 1. The average molecular weight is 463 g/mol. The lowest BCUT2D eigenvalue weighted by atomic mass is 10.1. The summed E-state index contributed by atoms with van der Waals surface area (Å²) in [5.41, 5.74) is 0.837. The zero-order valence-electron chi connectivity index (χ0n) is 17.3. The first-order valence-electron chi connectivity index (χ1n) is 9.47. The number of carbonyl (C=O) groups excluding carboxylic acids is 1. The van der Waals surface area contributed by atoms with Gasteiger partial charge >= 0.3 is 10.1 Å². The van der Waals surface area contributed by atoms with E-state index in [1.54, 1.807) is 30.3 Å². The number of nitriles is 1. The Morgan fingerprint density at radius 1 is 1.09 bits per heavy atom. The van der Waals surface area contributed by atoms with E-state index in [4.69, 9.17) is 4.18 Å². The molecule has 1 N–H and O–H groups in total. The SMILES string of the molecule is Cc1ccc(S(=O)(=O)Oc2ccc(C=C(C#N)C(=O)Nc3ccccc3)cc2)cc1[N+](=O)[O-]. The quantitative estimate of drug-likeness (QED) is 0.182. The standard InChI is InChI=1S/C23H17N3O6S/c1-16-7-12-21(14-22(16)26(28)29)33(30,31)32-20-10-8-17(9-11-20)13-18(15-24)23(27)25-19-5-3-2-4-6-19/h2-14H,1H3,(H,25,27). The van der Waals surface area contributed by atoms with Crippen LogP contribution in [0, 0.1) is 28.4 Å². The maximum atomic E-state index is 12.5. The molecule has 3 aromatic carbocycles. The van der Waals surface area contributed by atoms with Gasteiger partial charge in [0.1, 0.15) is 22.3 Å². The monoisotopic (exact) mass is 463 g/mol. The van der Waals surface area contributed by atoms with E-state index in [1.165, 1.54) is 49.4 Å². The van der Waals surface area contributed by atoms with Gasteiger partial charge in [0.25, 0.3) is 11.6 Å². The summed E-state index contributed by atoms with van der Waals surface area (Å²) < 4.78 is 30.1. The van der Waals surface area contributed by atoms with Crippen molar-refractivity contribution in [1.29, 1.82) is 5.26 Å². The lowest BCUT2D eigenvalue weighted by Crippen LogP contribution is -2.13. The van der Waals surface area contributed by atoms with Crippen LogP contribution in [0.5, 0.6) is 5.75 Å². The first kappa shape index (κ1) is 23.2. The largest absolute Gasteiger partial charge is 0.379 e. The topological polar surface area (TPSA) is 139 Å². The Kier molecular flexibility index (Phi) is 6.85. The number of hydrogen-bond acceptors (Lipinski definition) is 7. The molecular formula is C23H17N3O6S. The molecule has 3 rings (SSSR count). The zero-order valence-corrected chi connectivity index (χ0v) is 18.1.